The first-order chi connectivity index (χ1) is 11.0. The first-order valence-electron chi connectivity index (χ1n) is 7.14. The normalized spacial score (nSPS) is 15.2. The van der Waals surface area contributed by atoms with E-state index in [-0.39, 0.29) is 6.42 Å². The number of esters is 1. The second kappa shape index (κ2) is 8.21. The summed E-state index contributed by atoms with van der Waals surface area (Å²) in [7, 11) is 0. The Morgan fingerprint density at radius 1 is 1.39 bits per heavy atom. The standard InChI is InChI=1S/C15H17ClN2O4S/c1-10(14(20)18-8-7-17-15(18)21)22-13(19)6-9-23-12-4-2-11(16)3-5-12/h2-5,10H,6-9H2,1H3,(H,17,21)/t10-/m0/s1. The number of nitrogens with one attached hydrogen (secondary N) is 1. The number of urea groups is 1. The van der Waals surface area contributed by atoms with Gasteiger partial charge in [-0.25, -0.2) is 4.79 Å². The van der Waals surface area contributed by atoms with Gasteiger partial charge < -0.3 is 10.1 Å². The molecule has 1 aliphatic heterocycles. The van der Waals surface area contributed by atoms with Crippen LogP contribution in [-0.4, -0.2) is 47.8 Å². The number of thioether (sulfide) groups is 1. The number of benzene rings is 1. The molecule has 0 aliphatic carbocycles. The molecule has 1 aliphatic rings. The molecule has 0 bridgehead atoms. The highest BCUT2D eigenvalue weighted by atomic mass is 35.5. The molecular formula is C15H17ClN2O4S. The minimum absolute atomic E-state index is 0.178. The van der Waals surface area contributed by atoms with E-state index in [1.165, 1.54) is 18.7 Å². The molecule has 2 rings (SSSR count). The zero-order valence-corrected chi connectivity index (χ0v) is 14.2. The molecule has 23 heavy (non-hydrogen) atoms. The van der Waals surface area contributed by atoms with Crippen LogP contribution in [0.15, 0.2) is 29.2 Å². The maximum absolute atomic E-state index is 12.0. The maximum atomic E-state index is 12.0. The van der Waals surface area contributed by atoms with Crippen LogP contribution in [0.5, 0.6) is 0 Å². The summed E-state index contributed by atoms with van der Waals surface area (Å²) in [6, 6.07) is 6.86. The van der Waals surface area contributed by atoms with E-state index in [0.29, 0.717) is 23.9 Å². The van der Waals surface area contributed by atoms with E-state index in [1.54, 1.807) is 12.1 Å². The van der Waals surface area contributed by atoms with Gasteiger partial charge in [0.25, 0.3) is 5.91 Å². The number of imide groups is 1. The number of halogens is 1. The fraction of sp³-hybridized carbons (Fsp3) is 0.400. The Morgan fingerprint density at radius 3 is 2.70 bits per heavy atom. The zero-order valence-electron chi connectivity index (χ0n) is 12.6. The lowest BCUT2D eigenvalue weighted by Crippen LogP contribution is -2.41. The number of nitrogens with zero attached hydrogens (tertiary/aromatic N) is 1. The molecule has 0 saturated carbocycles. The third-order valence-electron chi connectivity index (χ3n) is 3.17. The van der Waals surface area contributed by atoms with Crippen molar-refractivity contribution in [2.45, 2.75) is 24.3 Å². The lowest BCUT2D eigenvalue weighted by Gasteiger charge is -2.18. The lowest BCUT2D eigenvalue weighted by atomic mass is 10.3. The molecule has 0 spiro atoms. The first kappa shape index (κ1) is 17.6. The predicted octanol–water partition coefficient (Wildman–Crippen LogP) is 2.31. The Hall–Kier alpha value is -1.73. The average Bonchev–Trinajstić information content (AvgIpc) is 2.94. The second-order valence-corrected chi connectivity index (χ2v) is 6.51. The van der Waals surface area contributed by atoms with E-state index in [1.807, 2.05) is 12.1 Å². The summed E-state index contributed by atoms with van der Waals surface area (Å²) in [5.74, 6) is -0.434. The molecule has 124 valence electrons. The van der Waals surface area contributed by atoms with Gasteiger partial charge in [-0.3, -0.25) is 14.5 Å². The Kier molecular flexibility index (Phi) is 6.29. The Bertz CT molecular complexity index is 594. The molecule has 1 fully saturated rings. The zero-order chi connectivity index (χ0) is 16.8. The summed E-state index contributed by atoms with van der Waals surface area (Å²) in [4.78, 5) is 37.2. The maximum Gasteiger partial charge on any atom is 0.324 e. The van der Waals surface area contributed by atoms with Crippen LogP contribution in [0.4, 0.5) is 4.79 Å². The molecule has 1 saturated heterocycles. The number of hydrogen-bond donors (Lipinski definition) is 1. The van der Waals surface area contributed by atoms with Crippen LogP contribution >= 0.6 is 23.4 Å². The second-order valence-electron chi connectivity index (χ2n) is 4.91. The van der Waals surface area contributed by atoms with Gasteiger partial charge in [-0.05, 0) is 31.2 Å². The van der Waals surface area contributed by atoms with Crippen LogP contribution in [0.25, 0.3) is 0 Å². The van der Waals surface area contributed by atoms with Gasteiger partial charge in [0.05, 0.1) is 6.42 Å². The summed E-state index contributed by atoms with van der Waals surface area (Å²) in [5.41, 5.74) is 0. The molecule has 1 aromatic rings. The topological polar surface area (TPSA) is 75.7 Å². The molecule has 1 N–H and O–H groups in total. The molecule has 8 heteroatoms. The predicted molar refractivity (Wildman–Crippen MR) is 87.5 cm³/mol. The molecule has 3 amide bonds. The van der Waals surface area contributed by atoms with Crippen LogP contribution in [0.2, 0.25) is 5.02 Å². The van der Waals surface area contributed by atoms with E-state index < -0.39 is 24.0 Å². The number of amides is 3. The smallest absolute Gasteiger partial charge is 0.324 e. The highest BCUT2D eigenvalue weighted by Gasteiger charge is 2.31. The summed E-state index contributed by atoms with van der Waals surface area (Å²) >= 11 is 7.30. The van der Waals surface area contributed by atoms with Crippen molar-refractivity contribution in [3.8, 4) is 0 Å². The van der Waals surface area contributed by atoms with Crippen molar-refractivity contribution in [3.63, 3.8) is 0 Å². The molecule has 0 radical (unpaired) electrons. The van der Waals surface area contributed by atoms with E-state index in [0.717, 1.165) is 9.80 Å². The third kappa shape index (κ3) is 5.14. The van der Waals surface area contributed by atoms with Gasteiger partial charge in [-0.1, -0.05) is 11.6 Å². The SMILES string of the molecule is C[C@H](OC(=O)CCSc1ccc(Cl)cc1)C(=O)N1CCNC1=O. The van der Waals surface area contributed by atoms with Crippen LogP contribution in [0.3, 0.4) is 0 Å². The van der Waals surface area contributed by atoms with Crippen molar-refractivity contribution in [2.24, 2.45) is 0 Å². The van der Waals surface area contributed by atoms with E-state index in [2.05, 4.69) is 5.32 Å². The highest BCUT2D eigenvalue weighted by molar-refractivity contribution is 7.99. The van der Waals surface area contributed by atoms with Crippen LogP contribution < -0.4 is 5.32 Å². The van der Waals surface area contributed by atoms with Crippen molar-refractivity contribution in [3.05, 3.63) is 29.3 Å². The molecule has 0 aromatic heterocycles. The molecule has 6 nitrogen and oxygen atoms in total. The van der Waals surface area contributed by atoms with Crippen LogP contribution in [-0.2, 0) is 14.3 Å². The van der Waals surface area contributed by atoms with Crippen molar-refractivity contribution >= 4 is 41.3 Å². The van der Waals surface area contributed by atoms with Gasteiger partial charge >= 0.3 is 12.0 Å². The Balaban J connectivity index is 1.72. The first-order valence-corrected chi connectivity index (χ1v) is 8.51. The Labute approximate surface area is 143 Å². The van der Waals surface area contributed by atoms with Gasteiger partial charge in [-0.2, -0.15) is 0 Å². The molecule has 1 aromatic carbocycles. The number of hydrogen-bond acceptors (Lipinski definition) is 5. The van der Waals surface area contributed by atoms with Crippen molar-refractivity contribution in [1.82, 2.24) is 10.2 Å². The fourth-order valence-corrected chi connectivity index (χ4v) is 2.95. The average molecular weight is 357 g/mol. The van der Waals surface area contributed by atoms with E-state index >= 15 is 0 Å². The number of rotatable bonds is 6. The molecule has 1 heterocycles. The monoisotopic (exact) mass is 356 g/mol. The van der Waals surface area contributed by atoms with Crippen molar-refractivity contribution < 1.29 is 19.1 Å². The Morgan fingerprint density at radius 2 is 2.09 bits per heavy atom. The summed E-state index contributed by atoms with van der Waals surface area (Å²) in [6.07, 6.45) is -0.788. The largest absolute Gasteiger partial charge is 0.452 e. The van der Waals surface area contributed by atoms with Gasteiger partial charge in [-0.15, -0.1) is 11.8 Å². The third-order valence-corrected chi connectivity index (χ3v) is 4.43. The van der Waals surface area contributed by atoms with Crippen molar-refractivity contribution in [2.75, 3.05) is 18.8 Å². The van der Waals surface area contributed by atoms with Gasteiger partial charge in [0.1, 0.15) is 0 Å². The van der Waals surface area contributed by atoms with E-state index in [4.69, 9.17) is 16.3 Å². The molecular weight excluding hydrogens is 340 g/mol. The summed E-state index contributed by atoms with van der Waals surface area (Å²) in [5, 5.41) is 3.19. The van der Waals surface area contributed by atoms with Crippen LogP contribution in [0, 0.1) is 0 Å². The summed E-state index contributed by atoms with van der Waals surface area (Å²) in [6.45, 7) is 2.19. The van der Waals surface area contributed by atoms with Gasteiger partial charge in [0.2, 0.25) is 0 Å². The molecule has 1 atom stereocenters. The van der Waals surface area contributed by atoms with Crippen LogP contribution in [0.1, 0.15) is 13.3 Å². The summed E-state index contributed by atoms with van der Waals surface area (Å²) < 4.78 is 5.09. The number of ether oxygens (including phenoxy) is 1. The molecule has 0 unspecified atom stereocenters. The lowest BCUT2D eigenvalue weighted by molar-refractivity contribution is -0.157. The highest BCUT2D eigenvalue weighted by Crippen LogP contribution is 2.21. The van der Waals surface area contributed by atoms with Crippen molar-refractivity contribution in [1.29, 1.82) is 0 Å². The minimum atomic E-state index is -0.966. The number of carbonyl (C=O) groups is 3. The fourth-order valence-electron chi connectivity index (χ4n) is 1.99. The quantitative estimate of drug-likeness (QED) is 0.625. The van der Waals surface area contributed by atoms with Gasteiger partial charge in [0.15, 0.2) is 6.10 Å². The number of carbonyl (C=O) groups excluding carboxylic acids is 3. The van der Waals surface area contributed by atoms with E-state index in [9.17, 15) is 14.4 Å². The minimum Gasteiger partial charge on any atom is -0.452 e. The van der Waals surface area contributed by atoms with Gasteiger partial charge in [0, 0.05) is 28.8 Å².